The van der Waals surface area contributed by atoms with Gasteiger partial charge in [-0.05, 0) is 96.3 Å². The molecular formula is C36H52F6O4Si2. The number of hydrogen-bond donors (Lipinski definition) is 1. The molecule has 0 unspecified atom stereocenters. The summed E-state index contributed by atoms with van der Waals surface area (Å²) in [4.78, 5) is 0. The third-order valence-corrected chi connectivity index (χ3v) is 11.1. The number of rotatable bonds is 13. The van der Waals surface area contributed by atoms with E-state index in [2.05, 4.69) is 81.4 Å². The van der Waals surface area contributed by atoms with Crippen molar-refractivity contribution in [2.24, 2.45) is 0 Å². The lowest BCUT2D eigenvalue weighted by atomic mass is 9.84. The van der Waals surface area contributed by atoms with Gasteiger partial charge in [0.05, 0.1) is 11.2 Å². The maximum atomic E-state index is 13.1. The minimum Gasteiger partial charge on any atom is -0.489 e. The third kappa shape index (κ3) is 11.6. The second kappa shape index (κ2) is 15.2. The van der Waals surface area contributed by atoms with E-state index in [9.17, 15) is 31.4 Å². The number of hydrogen-bond acceptors (Lipinski definition) is 4. The van der Waals surface area contributed by atoms with Crippen LogP contribution in [0.2, 0.25) is 10.1 Å². The monoisotopic (exact) mass is 718 g/mol. The first kappa shape index (κ1) is 41.8. The molecule has 48 heavy (non-hydrogen) atoms. The third-order valence-electron chi connectivity index (χ3n) is 7.60. The Kier molecular flexibility index (Phi) is 13.3. The summed E-state index contributed by atoms with van der Waals surface area (Å²) in [5.74, 6) is 0.471. The predicted octanol–water partition coefficient (Wildman–Crippen LogP) is 9.58. The summed E-state index contributed by atoms with van der Waals surface area (Å²) >= 11 is 0. The fourth-order valence-corrected chi connectivity index (χ4v) is 6.58. The molecular weight excluding hydrogens is 667 g/mol. The van der Waals surface area contributed by atoms with E-state index in [1.54, 1.807) is 31.2 Å². The highest BCUT2D eigenvalue weighted by Crippen LogP contribution is 2.44. The molecule has 4 nitrogen and oxygen atoms in total. The Morgan fingerprint density at radius 1 is 0.729 bits per heavy atom. The van der Waals surface area contributed by atoms with E-state index in [0.717, 1.165) is 22.8 Å². The van der Waals surface area contributed by atoms with Crippen molar-refractivity contribution >= 4 is 25.1 Å². The van der Waals surface area contributed by atoms with Gasteiger partial charge in [-0.15, -0.1) is 0 Å². The highest BCUT2D eigenvalue weighted by atomic mass is 28.2. The van der Waals surface area contributed by atoms with Crippen LogP contribution in [0.3, 0.4) is 0 Å². The van der Waals surface area contributed by atoms with E-state index in [0.29, 0.717) is 29.4 Å². The largest absolute Gasteiger partial charge is 0.489 e. The number of alkyl halides is 6. The molecule has 0 saturated carbocycles. The average Bonchev–Trinajstić information content (AvgIpc) is 2.94. The maximum absolute atomic E-state index is 13.1. The summed E-state index contributed by atoms with van der Waals surface area (Å²) in [5.41, 5.74) is -2.12. The van der Waals surface area contributed by atoms with Crippen LogP contribution < -0.4 is 4.74 Å². The van der Waals surface area contributed by atoms with Crippen molar-refractivity contribution in [1.29, 1.82) is 0 Å². The van der Waals surface area contributed by atoms with Crippen LogP contribution in [-0.2, 0) is 26.7 Å². The van der Waals surface area contributed by atoms with Crippen LogP contribution >= 0.6 is 0 Å². The van der Waals surface area contributed by atoms with E-state index in [-0.39, 0.29) is 22.8 Å². The fraction of sp³-hybridized carbons (Fsp3) is 0.556. The molecule has 0 spiro atoms. The lowest BCUT2D eigenvalue weighted by molar-refractivity contribution is -0.347. The molecule has 0 amide bonds. The second-order valence-electron chi connectivity index (χ2n) is 15.6. The van der Waals surface area contributed by atoms with Gasteiger partial charge in [0.15, 0.2) is 19.5 Å². The highest BCUT2D eigenvalue weighted by molar-refractivity contribution is 6.32. The normalized spacial score (nSPS) is 15.1. The van der Waals surface area contributed by atoms with Crippen molar-refractivity contribution in [1.82, 2.24) is 0 Å². The van der Waals surface area contributed by atoms with Gasteiger partial charge in [-0.25, -0.2) is 0 Å². The summed E-state index contributed by atoms with van der Waals surface area (Å²) < 4.78 is 97.8. The Labute approximate surface area is 286 Å². The first-order valence-corrected chi connectivity index (χ1v) is 18.6. The molecule has 0 bridgehead atoms. The Hall–Kier alpha value is -2.39. The summed E-state index contributed by atoms with van der Waals surface area (Å²) in [6, 6.07) is 12.9. The van der Waals surface area contributed by atoms with Crippen LogP contribution in [0.1, 0.15) is 105 Å². The Bertz CT molecular complexity index is 1420. The van der Waals surface area contributed by atoms with Crippen molar-refractivity contribution in [3.05, 3.63) is 82.9 Å². The van der Waals surface area contributed by atoms with Gasteiger partial charge in [-0.1, -0.05) is 84.9 Å². The first-order chi connectivity index (χ1) is 21.6. The van der Waals surface area contributed by atoms with Crippen molar-refractivity contribution in [3.8, 4) is 5.75 Å². The number of aliphatic hydroxyl groups is 1. The zero-order chi connectivity index (χ0) is 37.0. The molecule has 2 aromatic carbocycles. The molecule has 0 aliphatic heterocycles. The quantitative estimate of drug-likeness (QED) is 0.127. The molecule has 0 aromatic heterocycles. The fourth-order valence-electron chi connectivity index (χ4n) is 4.68. The van der Waals surface area contributed by atoms with Crippen LogP contribution in [0.15, 0.2) is 60.7 Å². The van der Waals surface area contributed by atoms with Gasteiger partial charge in [-0.2, -0.15) is 26.3 Å². The van der Waals surface area contributed by atoms with Crippen molar-refractivity contribution < 1.29 is 45.0 Å². The van der Waals surface area contributed by atoms with E-state index < -0.39 is 48.7 Å². The van der Waals surface area contributed by atoms with Crippen LogP contribution in [-0.4, -0.2) is 42.6 Å². The first-order valence-electron chi connectivity index (χ1n) is 16.0. The Morgan fingerprint density at radius 3 is 1.73 bits per heavy atom. The van der Waals surface area contributed by atoms with Gasteiger partial charge in [0.2, 0.25) is 0 Å². The lowest BCUT2D eigenvalue weighted by Crippen LogP contribution is -2.55. The minimum absolute atomic E-state index is 0.0911. The smallest absolute Gasteiger partial charge is 0.430 e. The molecule has 0 fully saturated rings. The Balaban J connectivity index is 2.41. The zero-order valence-corrected chi connectivity index (χ0v) is 32.9. The van der Waals surface area contributed by atoms with Crippen LogP contribution in [0, 0.1) is 0 Å². The molecule has 0 aliphatic carbocycles. The van der Waals surface area contributed by atoms with Crippen molar-refractivity contribution in [2.45, 2.75) is 128 Å². The van der Waals surface area contributed by atoms with Crippen LogP contribution in [0.5, 0.6) is 5.75 Å². The second-order valence-corrected chi connectivity index (χ2v) is 21.0. The molecule has 2 aromatic rings. The molecule has 0 heterocycles. The molecule has 0 aliphatic rings. The minimum atomic E-state index is -5.93. The van der Waals surface area contributed by atoms with Crippen molar-refractivity contribution in [2.75, 3.05) is 0 Å². The van der Waals surface area contributed by atoms with Gasteiger partial charge < -0.3 is 18.7 Å². The summed E-state index contributed by atoms with van der Waals surface area (Å²) in [6.07, 6.45) is -10.1. The van der Waals surface area contributed by atoms with Gasteiger partial charge >= 0.3 is 12.4 Å². The van der Waals surface area contributed by atoms with Crippen molar-refractivity contribution in [3.63, 3.8) is 0 Å². The lowest BCUT2D eigenvalue weighted by Gasteiger charge is -2.38. The summed E-state index contributed by atoms with van der Waals surface area (Å²) in [5, 5.41) is 9.63. The summed E-state index contributed by atoms with van der Waals surface area (Å²) in [7, 11) is -1.76. The predicted molar refractivity (Wildman–Crippen MR) is 186 cm³/mol. The molecule has 0 saturated heterocycles. The van der Waals surface area contributed by atoms with Gasteiger partial charge in [0, 0.05) is 0 Å². The maximum Gasteiger partial charge on any atom is 0.430 e. The number of halogens is 6. The van der Waals surface area contributed by atoms with E-state index in [1.807, 2.05) is 6.07 Å². The van der Waals surface area contributed by atoms with Crippen LogP contribution in [0.4, 0.5) is 26.3 Å². The number of allylic oxidation sites excluding steroid dienone is 3. The van der Waals surface area contributed by atoms with E-state index in [1.165, 1.54) is 0 Å². The van der Waals surface area contributed by atoms with E-state index in [4.69, 9.17) is 13.6 Å². The summed E-state index contributed by atoms with van der Waals surface area (Å²) in [6.45, 7) is 23.3. The SMILES string of the molecule is CCC(=CC=CC(O)(C(F)(F)F)C(F)(F)F)c1cccc(OCc2ccc(C(C)(C)O[SiH2]C(C)(C)C)c(C(C)(C)O[SiH2]C(C)(C)C)c2)c1. The molecule has 12 heteroatoms. The Morgan fingerprint density at radius 2 is 1.25 bits per heavy atom. The molecule has 2 rings (SSSR count). The topological polar surface area (TPSA) is 47.9 Å². The number of ether oxygens (including phenoxy) is 1. The zero-order valence-electron chi connectivity index (χ0n) is 30.0. The van der Waals surface area contributed by atoms with Gasteiger partial charge in [0.1, 0.15) is 12.4 Å². The standard InChI is InChI=1S/C36H52F6O4Si2/c1-12-25(16-14-20-34(43,35(37,38)39)36(40,41)42)26-15-13-17-27(22-26)44-23-24-18-19-28(32(8,9)45-47-30(2,3)4)29(21-24)33(10,11)46-48-31(5,6)7/h13-22,43H,12,23,47-48H2,1-11H3. The van der Waals surface area contributed by atoms with E-state index >= 15 is 0 Å². The number of benzene rings is 2. The van der Waals surface area contributed by atoms with Crippen LogP contribution in [0.25, 0.3) is 5.57 Å². The molecule has 0 atom stereocenters. The average molecular weight is 719 g/mol. The molecule has 0 radical (unpaired) electrons. The van der Waals surface area contributed by atoms with Gasteiger partial charge in [-0.3, -0.25) is 0 Å². The molecule has 270 valence electrons. The van der Waals surface area contributed by atoms with Gasteiger partial charge in [0.25, 0.3) is 5.60 Å². The molecule has 1 N–H and O–H groups in total. The highest BCUT2D eigenvalue weighted by Gasteiger charge is 2.68.